The third kappa shape index (κ3) is 3.56. The second-order valence-electron chi connectivity index (χ2n) is 8.31. The van der Waals surface area contributed by atoms with Crippen molar-refractivity contribution in [2.24, 2.45) is 5.92 Å². The van der Waals surface area contributed by atoms with Gasteiger partial charge in [-0.3, -0.25) is 9.59 Å². The molecule has 1 saturated carbocycles. The van der Waals surface area contributed by atoms with Gasteiger partial charge < -0.3 is 15.6 Å². The van der Waals surface area contributed by atoms with Crippen LogP contribution >= 0.6 is 0 Å². The maximum atomic E-state index is 14.4. The van der Waals surface area contributed by atoms with Gasteiger partial charge in [0.05, 0.1) is 17.1 Å². The van der Waals surface area contributed by atoms with E-state index in [1.54, 1.807) is 12.1 Å². The fourth-order valence-electron chi connectivity index (χ4n) is 4.59. The maximum absolute atomic E-state index is 14.4. The van der Waals surface area contributed by atoms with Crippen molar-refractivity contribution in [3.8, 4) is 11.3 Å². The molecule has 3 N–H and O–H groups in total. The van der Waals surface area contributed by atoms with Crippen molar-refractivity contribution in [3.63, 3.8) is 0 Å². The van der Waals surface area contributed by atoms with Gasteiger partial charge in [-0.25, -0.2) is 13.2 Å². The van der Waals surface area contributed by atoms with Crippen LogP contribution in [0.1, 0.15) is 30.7 Å². The van der Waals surface area contributed by atoms with Crippen molar-refractivity contribution in [2.75, 3.05) is 6.54 Å². The molecule has 3 aromatic rings. The molecule has 0 radical (unpaired) electrons. The largest absolute Gasteiger partial charge is 0.355 e. The van der Waals surface area contributed by atoms with Crippen molar-refractivity contribution in [2.45, 2.75) is 31.2 Å². The van der Waals surface area contributed by atoms with E-state index >= 15 is 0 Å². The van der Waals surface area contributed by atoms with E-state index in [0.717, 1.165) is 11.6 Å². The van der Waals surface area contributed by atoms with Crippen molar-refractivity contribution in [1.82, 2.24) is 15.6 Å². The van der Waals surface area contributed by atoms with Crippen LogP contribution in [0.2, 0.25) is 0 Å². The molecule has 1 aromatic heterocycles. The Balaban J connectivity index is 1.43. The van der Waals surface area contributed by atoms with Gasteiger partial charge in [0, 0.05) is 30.5 Å². The van der Waals surface area contributed by atoms with Gasteiger partial charge in [0.1, 0.15) is 17.5 Å². The minimum absolute atomic E-state index is 0.0244. The minimum Gasteiger partial charge on any atom is -0.355 e. The maximum Gasteiger partial charge on any atom is 0.225 e. The van der Waals surface area contributed by atoms with Crippen LogP contribution in [0, 0.1) is 23.4 Å². The van der Waals surface area contributed by atoms with Crippen molar-refractivity contribution < 1.29 is 22.8 Å². The number of fused-ring (bicyclic) bond motifs is 1. The van der Waals surface area contributed by atoms with Gasteiger partial charge in [-0.2, -0.15) is 0 Å². The van der Waals surface area contributed by atoms with Crippen LogP contribution in [0.4, 0.5) is 13.2 Å². The summed E-state index contributed by atoms with van der Waals surface area (Å²) >= 11 is 0. The molecule has 5 nitrogen and oxygen atoms in total. The summed E-state index contributed by atoms with van der Waals surface area (Å²) < 4.78 is 41.8. The van der Waals surface area contributed by atoms with Gasteiger partial charge in [-0.1, -0.05) is 0 Å². The van der Waals surface area contributed by atoms with Gasteiger partial charge in [0.15, 0.2) is 0 Å². The Kier molecular flexibility index (Phi) is 4.72. The van der Waals surface area contributed by atoms with Crippen LogP contribution in [0.15, 0.2) is 36.4 Å². The van der Waals surface area contributed by atoms with Crippen LogP contribution in [0.5, 0.6) is 0 Å². The number of hydrogen-bond donors (Lipinski definition) is 3. The Morgan fingerprint density at radius 2 is 1.77 bits per heavy atom. The molecule has 31 heavy (non-hydrogen) atoms. The topological polar surface area (TPSA) is 74.0 Å². The van der Waals surface area contributed by atoms with Crippen LogP contribution < -0.4 is 10.6 Å². The fraction of sp³-hybridized carbons (Fsp3) is 0.304. The number of hydrogen-bond acceptors (Lipinski definition) is 2. The highest BCUT2D eigenvalue weighted by molar-refractivity contribution is 5.92. The molecule has 2 fully saturated rings. The van der Waals surface area contributed by atoms with Crippen molar-refractivity contribution in [3.05, 3.63) is 59.4 Å². The fourth-order valence-corrected chi connectivity index (χ4v) is 4.59. The second kappa shape index (κ2) is 7.44. The van der Waals surface area contributed by atoms with Gasteiger partial charge in [-0.15, -0.1) is 0 Å². The molecule has 0 bridgehead atoms. The molecule has 2 amide bonds. The van der Waals surface area contributed by atoms with E-state index < -0.39 is 11.6 Å². The zero-order valence-electron chi connectivity index (χ0n) is 16.5. The van der Waals surface area contributed by atoms with E-state index in [2.05, 4.69) is 15.6 Å². The number of benzene rings is 2. The highest BCUT2D eigenvalue weighted by atomic mass is 19.1. The van der Waals surface area contributed by atoms with Crippen LogP contribution in [0.3, 0.4) is 0 Å². The van der Waals surface area contributed by atoms with Crippen LogP contribution in [-0.2, 0) is 9.59 Å². The predicted octanol–water partition coefficient (Wildman–Crippen LogP) is 3.75. The Bertz CT molecular complexity index is 1180. The molecule has 1 saturated heterocycles. The summed E-state index contributed by atoms with van der Waals surface area (Å²) in [5, 5.41) is 6.07. The highest BCUT2D eigenvalue weighted by Crippen LogP contribution is 2.45. The second-order valence-corrected chi connectivity index (χ2v) is 8.31. The summed E-state index contributed by atoms with van der Waals surface area (Å²) in [6, 6.07) is 7.90. The summed E-state index contributed by atoms with van der Waals surface area (Å²) in [5.74, 6) is -2.41. The first-order valence-corrected chi connectivity index (χ1v) is 10.2. The average molecular weight is 427 g/mol. The quantitative estimate of drug-likeness (QED) is 0.593. The molecule has 0 spiro atoms. The van der Waals surface area contributed by atoms with E-state index in [4.69, 9.17) is 0 Å². The van der Waals surface area contributed by atoms with E-state index in [-0.39, 0.29) is 47.4 Å². The molecule has 2 aliphatic rings. The summed E-state index contributed by atoms with van der Waals surface area (Å²) in [5.41, 5.74) is 2.28. The third-order valence-electron chi connectivity index (χ3n) is 6.24. The van der Waals surface area contributed by atoms with E-state index in [1.165, 1.54) is 18.2 Å². The number of halogens is 3. The first-order valence-electron chi connectivity index (χ1n) is 10.2. The Hall–Kier alpha value is -3.29. The summed E-state index contributed by atoms with van der Waals surface area (Å²) in [7, 11) is 0. The van der Waals surface area contributed by atoms with Gasteiger partial charge in [-0.05, 0) is 60.2 Å². The average Bonchev–Trinajstić information content (AvgIpc) is 3.29. The lowest BCUT2D eigenvalue weighted by molar-refractivity contribution is -0.127. The van der Waals surface area contributed by atoms with E-state index in [9.17, 15) is 22.8 Å². The normalized spacial score (nSPS) is 22.9. The lowest BCUT2D eigenvalue weighted by atomic mass is 9.74. The van der Waals surface area contributed by atoms with Crippen LogP contribution in [0.25, 0.3) is 22.2 Å². The number of rotatable bonds is 4. The smallest absolute Gasteiger partial charge is 0.225 e. The SMILES string of the molecule is O=C1CC(C(=O)N[C@H]2C[C@H](c3c(-c4ccc(F)cc4)[nH]c4c(F)cc(F)cc43)C2)CN1. The molecule has 1 aliphatic carbocycles. The molecular formula is C23H20F3N3O2. The molecule has 2 aromatic carbocycles. The van der Waals surface area contributed by atoms with Crippen LogP contribution in [-0.4, -0.2) is 29.4 Å². The van der Waals surface area contributed by atoms with Gasteiger partial charge in [0.2, 0.25) is 11.8 Å². The highest BCUT2D eigenvalue weighted by Gasteiger charge is 2.37. The first kappa shape index (κ1) is 19.7. The molecule has 8 heteroatoms. The Morgan fingerprint density at radius 3 is 2.45 bits per heavy atom. The lowest BCUT2D eigenvalue weighted by Crippen LogP contribution is -2.46. The van der Waals surface area contributed by atoms with Gasteiger partial charge >= 0.3 is 0 Å². The molecular weight excluding hydrogens is 407 g/mol. The number of H-pyrrole nitrogens is 1. The Morgan fingerprint density at radius 1 is 1.03 bits per heavy atom. The number of carbonyl (C=O) groups excluding carboxylic acids is 2. The number of aromatic amines is 1. The summed E-state index contributed by atoms with van der Waals surface area (Å²) in [6.07, 6.45) is 1.41. The number of carbonyl (C=O) groups is 2. The molecule has 1 aliphatic heterocycles. The molecule has 1 unspecified atom stereocenters. The summed E-state index contributed by atoms with van der Waals surface area (Å²) in [6.45, 7) is 0.344. The number of amides is 2. The van der Waals surface area contributed by atoms with E-state index in [1.807, 2.05) is 0 Å². The number of nitrogens with one attached hydrogen (secondary N) is 3. The molecule has 160 valence electrons. The van der Waals surface area contributed by atoms with Gasteiger partial charge in [0.25, 0.3) is 0 Å². The molecule has 1 atom stereocenters. The predicted molar refractivity (Wildman–Crippen MR) is 109 cm³/mol. The van der Waals surface area contributed by atoms with Crippen molar-refractivity contribution in [1.29, 1.82) is 0 Å². The molecule has 2 heterocycles. The van der Waals surface area contributed by atoms with Crippen molar-refractivity contribution >= 4 is 22.7 Å². The first-order chi connectivity index (χ1) is 14.9. The lowest BCUT2D eigenvalue weighted by Gasteiger charge is -2.37. The standard InChI is InChI=1S/C23H20F3N3O2/c24-14-3-1-11(2-4-14)21-20(17-8-15(25)9-18(26)22(17)29-21)12-5-16(6-12)28-23(31)13-7-19(30)27-10-13/h1-4,8-9,12-13,16,29H,5-7,10H2,(H,27,30)(H,28,31)/t12-,13?,16-. The molecule has 5 rings (SSSR count). The number of aromatic nitrogens is 1. The zero-order valence-corrected chi connectivity index (χ0v) is 16.5. The Labute approximate surface area is 176 Å². The minimum atomic E-state index is -0.688. The third-order valence-corrected chi connectivity index (χ3v) is 6.24. The summed E-state index contributed by atoms with van der Waals surface area (Å²) in [4.78, 5) is 26.7. The van der Waals surface area contributed by atoms with E-state index in [0.29, 0.717) is 36.0 Å². The monoisotopic (exact) mass is 427 g/mol. The zero-order chi connectivity index (χ0) is 21.7.